The van der Waals surface area contributed by atoms with Crippen LogP contribution in [-0.4, -0.2) is 32.7 Å². The lowest BCUT2D eigenvalue weighted by atomic mass is 10.1. The molecule has 5 nitrogen and oxygen atoms in total. The van der Waals surface area contributed by atoms with Crippen LogP contribution in [0, 0.1) is 17.5 Å². The molecule has 2 heterocycles. The van der Waals surface area contributed by atoms with Gasteiger partial charge in [0.15, 0.2) is 11.6 Å². The quantitative estimate of drug-likeness (QED) is 0.465. The monoisotopic (exact) mass is 383 g/mol. The van der Waals surface area contributed by atoms with Gasteiger partial charge in [-0.15, -0.1) is 0 Å². The SMILES string of the molecule is CCCCN(CC)c1c(-c2c(F)ccc(F)c2F)c(Cl)nc2ncnn12. The smallest absolute Gasteiger partial charge is 0.255 e. The second-order valence-electron chi connectivity index (χ2n) is 5.72. The number of benzene rings is 1. The summed E-state index contributed by atoms with van der Waals surface area (Å²) in [4.78, 5) is 9.93. The predicted molar refractivity (Wildman–Crippen MR) is 93.9 cm³/mol. The summed E-state index contributed by atoms with van der Waals surface area (Å²) in [6.07, 6.45) is 3.04. The fourth-order valence-electron chi connectivity index (χ4n) is 2.83. The van der Waals surface area contributed by atoms with E-state index in [1.165, 1.54) is 10.8 Å². The van der Waals surface area contributed by atoms with Crippen LogP contribution < -0.4 is 4.90 Å². The van der Waals surface area contributed by atoms with Crippen molar-refractivity contribution in [3.63, 3.8) is 0 Å². The highest BCUT2D eigenvalue weighted by Crippen LogP contribution is 2.39. The Bertz CT molecular complexity index is 944. The first kappa shape index (κ1) is 18.4. The zero-order chi connectivity index (χ0) is 18.8. The van der Waals surface area contributed by atoms with E-state index >= 15 is 0 Å². The number of halogens is 4. The van der Waals surface area contributed by atoms with Crippen LogP contribution >= 0.6 is 11.6 Å². The summed E-state index contributed by atoms with van der Waals surface area (Å²) < 4.78 is 44.1. The molecule has 0 bridgehead atoms. The molecule has 0 aliphatic rings. The van der Waals surface area contributed by atoms with Crippen molar-refractivity contribution >= 4 is 23.2 Å². The number of nitrogens with zero attached hydrogens (tertiary/aromatic N) is 5. The summed E-state index contributed by atoms with van der Waals surface area (Å²) in [5, 5.41) is 3.94. The van der Waals surface area contributed by atoms with Gasteiger partial charge in [0, 0.05) is 13.1 Å². The zero-order valence-corrected chi connectivity index (χ0v) is 15.1. The van der Waals surface area contributed by atoms with E-state index in [0.29, 0.717) is 18.9 Å². The van der Waals surface area contributed by atoms with Gasteiger partial charge in [0.25, 0.3) is 5.78 Å². The number of aromatic nitrogens is 4. The van der Waals surface area contributed by atoms with Crippen LogP contribution in [-0.2, 0) is 0 Å². The van der Waals surface area contributed by atoms with E-state index in [1.54, 1.807) is 0 Å². The highest BCUT2D eigenvalue weighted by Gasteiger charge is 2.27. The topological polar surface area (TPSA) is 46.3 Å². The second kappa shape index (κ2) is 7.49. The van der Waals surface area contributed by atoms with Crippen LogP contribution in [0.15, 0.2) is 18.5 Å². The summed E-state index contributed by atoms with van der Waals surface area (Å²) in [7, 11) is 0. The van der Waals surface area contributed by atoms with Crippen molar-refractivity contribution < 1.29 is 13.2 Å². The number of anilines is 1. The molecule has 26 heavy (non-hydrogen) atoms. The number of fused-ring (bicyclic) bond motifs is 1. The largest absolute Gasteiger partial charge is 0.356 e. The van der Waals surface area contributed by atoms with Crippen LogP contribution in [0.2, 0.25) is 5.15 Å². The zero-order valence-electron chi connectivity index (χ0n) is 14.3. The molecule has 3 rings (SSSR count). The van der Waals surface area contributed by atoms with E-state index in [-0.39, 0.29) is 16.5 Å². The molecule has 0 radical (unpaired) electrons. The number of unbranched alkanes of at least 4 members (excludes halogenated alkanes) is 1. The van der Waals surface area contributed by atoms with Crippen molar-refractivity contribution in [1.29, 1.82) is 0 Å². The Kier molecular flexibility index (Phi) is 5.31. The third kappa shape index (κ3) is 3.09. The van der Waals surface area contributed by atoms with Crippen molar-refractivity contribution in [3.05, 3.63) is 41.1 Å². The highest BCUT2D eigenvalue weighted by atomic mass is 35.5. The predicted octanol–water partition coefficient (Wildman–Crippen LogP) is 4.49. The molecule has 138 valence electrons. The third-order valence-corrected chi connectivity index (χ3v) is 4.39. The summed E-state index contributed by atoms with van der Waals surface area (Å²) in [6, 6.07) is 1.60. The van der Waals surface area contributed by atoms with Crippen LogP contribution in [0.5, 0.6) is 0 Å². The molecule has 0 amide bonds. The van der Waals surface area contributed by atoms with Crippen LogP contribution in [0.1, 0.15) is 26.7 Å². The van der Waals surface area contributed by atoms with Gasteiger partial charge in [-0.2, -0.15) is 19.6 Å². The van der Waals surface area contributed by atoms with E-state index < -0.39 is 23.0 Å². The minimum Gasteiger partial charge on any atom is -0.356 e. The van der Waals surface area contributed by atoms with Crippen molar-refractivity contribution in [1.82, 2.24) is 19.6 Å². The van der Waals surface area contributed by atoms with Crippen LogP contribution in [0.4, 0.5) is 19.0 Å². The van der Waals surface area contributed by atoms with E-state index in [2.05, 4.69) is 15.1 Å². The maximum Gasteiger partial charge on any atom is 0.255 e. The van der Waals surface area contributed by atoms with Gasteiger partial charge >= 0.3 is 0 Å². The molecule has 0 fully saturated rings. The fourth-order valence-corrected chi connectivity index (χ4v) is 3.08. The van der Waals surface area contributed by atoms with E-state index in [1.807, 2.05) is 18.7 Å². The Morgan fingerprint density at radius 2 is 1.85 bits per heavy atom. The third-order valence-electron chi connectivity index (χ3n) is 4.12. The first-order chi connectivity index (χ1) is 12.5. The number of hydrogen-bond acceptors (Lipinski definition) is 4. The summed E-state index contributed by atoms with van der Waals surface area (Å²) in [5.74, 6) is -2.89. The van der Waals surface area contributed by atoms with Gasteiger partial charge in [0.1, 0.15) is 23.1 Å². The normalized spacial score (nSPS) is 11.3. The van der Waals surface area contributed by atoms with Crippen molar-refractivity contribution in [2.75, 3.05) is 18.0 Å². The molecule has 0 aliphatic heterocycles. The Morgan fingerprint density at radius 1 is 1.12 bits per heavy atom. The first-order valence-corrected chi connectivity index (χ1v) is 8.65. The number of hydrogen-bond donors (Lipinski definition) is 0. The Hall–Kier alpha value is -2.35. The lowest BCUT2D eigenvalue weighted by Gasteiger charge is -2.26. The molecule has 2 aromatic heterocycles. The molecular weight excluding hydrogens is 367 g/mol. The second-order valence-corrected chi connectivity index (χ2v) is 6.08. The standard InChI is InChI=1S/C17H17ClF3N5/c1-3-5-8-25(4-2)16-13(12-10(19)6-7-11(20)14(12)21)15(18)24-17-22-9-23-26(16)17/h6-7,9H,3-5,8H2,1-2H3. The van der Waals surface area contributed by atoms with Gasteiger partial charge in [-0.25, -0.2) is 13.2 Å². The minimum absolute atomic E-state index is 0.0443. The lowest BCUT2D eigenvalue weighted by molar-refractivity contribution is 0.498. The first-order valence-electron chi connectivity index (χ1n) is 8.27. The van der Waals surface area contributed by atoms with Gasteiger partial charge in [-0.3, -0.25) is 0 Å². The average molecular weight is 384 g/mol. The van der Waals surface area contributed by atoms with E-state index in [0.717, 1.165) is 25.0 Å². The molecule has 9 heteroatoms. The molecule has 1 aromatic carbocycles. The Morgan fingerprint density at radius 3 is 2.54 bits per heavy atom. The molecule has 0 saturated heterocycles. The van der Waals surface area contributed by atoms with Gasteiger partial charge in [-0.05, 0) is 25.5 Å². The van der Waals surface area contributed by atoms with E-state index in [4.69, 9.17) is 11.6 Å². The molecule has 0 saturated carbocycles. The average Bonchev–Trinajstić information content (AvgIpc) is 3.08. The molecule has 0 N–H and O–H groups in total. The van der Waals surface area contributed by atoms with Crippen molar-refractivity contribution in [2.45, 2.75) is 26.7 Å². The fraction of sp³-hybridized carbons (Fsp3) is 0.353. The molecular formula is C17H17ClF3N5. The van der Waals surface area contributed by atoms with Crippen molar-refractivity contribution in [3.8, 4) is 11.1 Å². The summed E-state index contributed by atoms with van der Waals surface area (Å²) >= 11 is 6.26. The van der Waals surface area contributed by atoms with Crippen LogP contribution in [0.25, 0.3) is 16.9 Å². The number of rotatable bonds is 6. The molecule has 3 aromatic rings. The molecule has 0 atom stereocenters. The Balaban J connectivity index is 2.37. The summed E-state index contributed by atoms with van der Waals surface area (Å²) in [5.41, 5.74) is -0.609. The maximum absolute atomic E-state index is 14.5. The maximum atomic E-state index is 14.5. The molecule has 0 spiro atoms. The summed E-state index contributed by atoms with van der Waals surface area (Å²) in [6.45, 7) is 5.06. The van der Waals surface area contributed by atoms with Crippen LogP contribution in [0.3, 0.4) is 0 Å². The minimum atomic E-state index is -1.32. The van der Waals surface area contributed by atoms with Gasteiger partial charge in [-0.1, -0.05) is 24.9 Å². The highest BCUT2D eigenvalue weighted by molar-refractivity contribution is 6.33. The van der Waals surface area contributed by atoms with Gasteiger partial charge in [0.2, 0.25) is 0 Å². The van der Waals surface area contributed by atoms with E-state index in [9.17, 15) is 13.2 Å². The van der Waals surface area contributed by atoms with Crippen molar-refractivity contribution in [2.24, 2.45) is 0 Å². The lowest BCUT2D eigenvalue weighted by Crippen LogP contribution is -2.27. The Labute approximate surface area is 153 Å². The van der Waals surface area contributed by atoms with Gasteiger partial charge in [0.05, 0.1) is 11.1 Å². The molecule has 0 aliphatic carbocycles. The molecule has 0 unspecified atom stereocenters. The van der Waals surface area contributed by atoms with Gasteiger partial charge < -0.3 is 4.90 Å².